The van der Waals surface area contributed by atoms with Crippen LogP contribution in [0.2, 0.25) is 0 Å². The van der Waals surface area contributed by atoms with Crippen molar-refractivity contribution < 1.29 is 4.42 Å². The fraction of sp³-hybridized carbons (Fsp3) is 0.111. The number of aryl methyl sites for hydroxylation is 1. The van der Waals surface area contributed by atoms with Crippen LogP contribution in [0.4, 0.5) is 0 Å². The maximum Gasteiger partial charge on any atom is 0.354 e. The van der Waals surface area contributed by atoms with Crippen LogP contribution < -0.4 is 5.63 Å². The van der Waals surface area contributed by atoms with Gasteiger partial charge in [-0.3, -0.25) is 0 Å². The van der Waals surface area contributed by atoms with Crippen molar-refractivity contribution in [3.8, 4) is 0 Å². The van der Waals surface area contributed by atoms with E-state index in [1.165, 1.54) is 6.20 Å². The zero-order chi connectivity index (χ0) is 8.55. The molecule has 0 bridgehead atoms. The van der Waals surface area contributed by atoms with Gasteiger partial charge >= 0.3 is 5.63 Å². The molecule has 3 heteroatoms. The first-order chi connectivity index (χ1) is 5.75. The normalized spacial score (nSPS) is 10.4. The molecule has 1 heterocycles. The third-order valence-corrected chi connectivity index (χ3v) is 1.63. The standard InChI is InChI=1S/C9H7NO2/c1-6-2-3-8-7(4-6)10-5-9(11)12-8/h2-5H,1H3. The second kappa shape index (κ2) is 2.44. The van der Waals surface area contributed by atoms with Gasteiger partial charge in [0.2, 0.25) is 0 Å². The van der Waals surface area contributed by atoms with Crippen molar-refractivity contribution >= 4 is 11.1 Å². The molecule has 2 aromatic rings. The first-order valence-corrected chi connectivity index (χ1v) is 3.62. The quantitative estimate of drug-likeness (QED) is 0.588. The molecule has 0 fully saturated rings. The number of rotatable bonds is 0. The van der Waals surface area contributed by atoms with Gasteiger partial charge in [0.15, 0.2) is 5.58 Å². The van der Waals surface area contributed by atoms with E-state index in [1.54, 1.807) is 6.07 Å². The van der Waals surface area contributed by atoms with E-state index in [1.807, 2.05) is 19.1 Å². The van der Waals surface area contributed by atoms with Crippen LogP contribution >= 0.6 is 0 Å². The molecule has 0 saturated heterocycles. The van der Waals surface area contributed by atoms with Gasteiger partial charge in [0.05, 0.1) is 0 Å². The Morgan fingerprint density at radius 3 is 3.08 bits per heavy atom. The Kier molecular flexibility index (Phi) is 1.43. The minimum Gasteiger partial charge on any atom is -0.420 e. The summed E-state index contributed by atoms with van der Waals surface area (Å²) >= 11 is 0. The maximum absolute atomic E-state index is 10.7. The molecule has 1 aromatic carbocycles. The van der Waals surface area contributed by atoms with E-state index in [-0.39, 0.29) is 0 Å². The molecule has 0 aliphatic heterocycles. The molecule has 60 valence electrons. The maximum atomic E-state index is 10.7. The number of fused-ring (bicyclic) bond motifs is 1. The van der Waals surface area contributed by atoms with Crippen LogP contribution in [-0.2, 0) is 0 Å². The molecule has 0 spiro atoms. The molecule has 0 unspecified atom stereocenters. The Hall–Kier alpha value is -1.64. The Balaban J connectivity index is 2.87. The smallest absolute Gasteiger partial charge is 0.354 e. The molecule has 1 aromatic heterocycles. The van der Waals surface area contributed by atoms with Crippen molar-refractivity contribution in [1.29, 1.82) is 0 Å². The van der Waals surface area contributed by atoms with Crippen LogP contribution in [0, 0.1) is 6.92 Å². The van der Waals surface area contributed by atoms with Crippen LogP contribution in [0.5, 0.6) is 0 Å². The largest absolute Gasteiger partial charge is 0.420 e. The lowest BCUT2D eigenvalue weighted by atomic mass is 10.2. The first kappa shape index (κ1) is 7.03. The fourth-order valence-electron chi connectivity index (χ4n) is 1.07. The molecule has 12 heavy (non-hydrogen) atoms. The van der Waals surface area contributed by atoms with Crippen LogP contribution in [0.25, 0.3) is 11.1 Å². The number of hydrogen-bond acceptors (Lipinski definition) is 3. The molecular weight excluding hydrogens is 154 g/mol. The van der Waals surface area contributed by atoms with E-state index in [9.17, 15) is 4.79 Å². The van der Waals surface area contributed by atoms with E-state index in [0.717, 1.165) is 11.1 Å². The van der Waals surface area contributed by atoms with Gasteiger partial charge in [-0.15, -0.1) is 0 Å². The van der Waals surface area contributed by atoms with Gasteiger partial charge in [-0.25, -0.2) is 9.78 Å². The molecule has 0 aliphatic carbocycles. The number of nitrogens with zero attached hydrogens (tertiary/aromatic N) is 1. The first-order valence-electron chi connectivity index (χ1n) is 3.62. The van der Waals surface area contributed by atoms with E-state index >= 15 is 0 Å². The van der Waals surface area contributed by atoms with Crippen LogP contribution in [0.3, 0.4) is 0 Å². The Morgan fingerprint density at radius 2 is 2.25 bits per heavy atom. The second-order valence-corrected chi connectivity index (χ2v) is 2.65. The second-order valence-electron chi connectivity index (χ2n) is 2.65. The third-order valence-electron chi connectivity index (χ3n) is 1.63. The summed E-state index contributed by atoms with van der Waals surface area (Å²) in [5.74, 6) is 0. The summed E-state index contributed by atoms with van der Waals surface area (Å²) in [5, 5.41) is 0. The van der Waals surface area contributed by atoms with Crippen LogP contribution in [-0.4, -0.2) is 4.98 Å². The van der Waals surface area contributed by atoms with Gasteiger partial charge < -0.3 is 4.42 Å². The SMILES string of the molecule is Cc1ccc2oc(=O)cnc2c1. The number of hydrogen-bond donors (Lipinski definition) is 0. The third kappa shape index (κ3) is 1.09. The highest BCUT2D eigenvalue weighted by Gasteiger charge is 1.96. The van der Waals surface area contributed by atoms with Gasteiger partial charge in [0.25, 0.3) is 0 Å². The Bertz CT molecular complexity index is 473. The minimum atomic E-state index is -0.411. The van der Waals surface area contributed by atoms with Gasteiger partial charge in [-0.2, -0.15) is 0 Å². The Morgan fingerprint density at radius 1 is 1.42 bits per heavy atom. The van der Waals surface area contributed by atoms with Crippen molar-refractivity contribution in [2.24, 2.45) is 0 Å². The minimum absolute atomic E-state index is 0.411. The average molecular weight is 161 g/mol. The summed E-state index contributed by atoms with van der Waals surface area (Å²) in [6.07, 6.45) is 1.18. The fourth-order valence-corrected chi connectivity index (χ4v) is 1.07. The number of aromatic nitrogens is 1. The van der Waals surface area contributed by atoms with Crippen molar-refractivity contribution in [1.82, 2.24) is 4.98 Å². The molecule has 0 aliphatic rings. The van der Waals surface area contributed by atoms with Crippen molar-refractivity contribution in [2.45, 2.75) is 6.92 Å². The van der Waals surface area contributed by atoms with Crippen LogP contribution in [0.15, 0.2) is 33.6 Å². The van der Waals surface area contributed by atoms with E-state index < -0.39 is 5.63 Å². The summed E-state index contributed by atoms with van der Waals surface area (Å²) in [7, 11) is 0. The van der Waals surface area contributed by atoms with Crippen molar-refractivity contribution in [3.05, 3.63) is 40.4 Å². The number of benzene rings is 1. The predicted molar refractivity (Wildman–Crippen MR) is 45.0 cm³/mol. The summed E-state index contributed by atoms with van der Waals surface area (Å²) in [6, 6.07) is 5.50. The van der Waals surface area contributed by atoms with Crippen LogP contribution in [0.1, 0.15) is 5.56 Å². The van der Waals surface area contributed by atoms with Gasteiger partial charge in [-0.05, 0) is 24.6 Å². The highest BCUT2D eigenvalue weighted by molar-refractivity contribution is 5.72. The van der Waals surface area contributed by atoms with Crippen molar-refractivity contribution in [2.75, 3.05) is 0 Å². The average Bonchev–Trinajstić information content (AvgIpc) is 2.05. The summed E-state index contributed by atoms with van der Waals surface area (Å²) in [5.41, 5.74) is 1.94. The zero-order valence-corrected chi connectivity index (χ0v) is 6.57. The lowest BCUT2D eigenvalue weighted by Crippen LogP contribution is -1.97. The monoisotopic (exact) mass is 161 g/mol. The topological polar surface area (TPSA) is 43.1 Å². The molecule has 0 atom stereocenters. The Labute approximate surface area is 68.7 Å². The molecule has 3 nitrogen and oxygen atoms in total. The van der Waals surface area contributed by atoms with E-state index in [4.69, 9.17) is 4.42 Å². The van der Waals surface area contributed by atoms with Gasteiger partial charge in [0.1, 0.15) is 11.7 Å². The molecule has 0 saturated carbocycles. The lowest BCUT2D eigenvalue weighted by Gasteiger charge is -1.94. The van der Waals surface area contributed by atoms with Gasteiger partial charge in [0, 0.05) is 0 Å². The lowest BCUT2D eigenvalue weighted by molar-refractivity contribution is 0.554. The predicted octanol–water partition coefficient (Wildman–Crippen LogP) is 1.50. The highest BCUT2D eigenvalue weighted by Crippen LogP contribution is 2.10. The van der Waals surface area contributed by atoms with Crippen molar-refractivity contribution in [3.63, 3.8) is 0 Å². The summed E-state index contributed by atoms with van der Waals surface area (Å²) < 4.78 is 4.90. The summed E-state index contributed by atoms with van der Waals surface area (Å²) in [4.78, 5) is 14.7. The van der Waals surface area contributed by atoms with Gasteiger partial charge in [-0.1, -0.05) is 6.07 Å². The highest BCUT2D eigenvalue weighted by atomic mass is 16.4. The molecule has 2 rings (SSSR count). The molecule has 0 amide bonds. The van der Waals surface area contributed by atoms with E-state index in [0.29, 0.717) is 5.58 Å². The zero-order valence-electron chi connectivity index (χ0n) is 6.57. The molecular formula is C9H7NO2. The van der Waals surface area contributed by atoms with E-state index in [2.05, 4.69) is 4.98 Å². The summed E-state index contributed by atoms with van der Waals surface area (Å²) in [6.45, 7) is 1.96. The molecule has 0 N–H and O–H groups in total. The molecule has 0 radical (unpaired) electrons.